The predicted octanol–water partition coefficient (Wildman–Crippen LogP) is 6.12. The van der Waals surface area contributed by atoms with E-state index in [1.54, 1.807) is 37.4 Å². The van der Waals surface area contributed by atoms with Crippen molar-refractivity contribution in [1.29, 1.82) is 0 Å². The molecule has 0 fully saturated rings. The smallest absolute Gasteiger partial charge is 0.251 e. The second-order valence-corrected chi connectivity index (χ2v) is 7.61. The first kappa shape index (κ1) is 21.4. The SMILES string of the molecule is CC1=CCC=C1c1cc(Oc2cccc(C(=O)NCc3cc(F)cc(F)c3)c2C)ccn1. The number of nitrogens with zero attached hydrogens (tertiary/aromatic N) is 1. The number of rotatable bonds is 6. The third kappa shape index (κ3) is 4.75. The summed E-state index contributed by atoms with van der Waals surface area (Å²) in [6.45, 7) is 3.85. The Morgan fingerprint density at radius 1 is 1.06 bits per heavy atom. The Morgan fingerprint density at radius 3 is 2.56 bits per heavy atom. The Morgan fingerprint density at radius 2 is 1.84 bits per heavy atom. The van der Waals surface area contributed by atoms with E-state index >= 15 is 0 Å². The minimum absolute atomic E-state index is 0.00767. The van der Waals surface area contributed by atoms with Crippen LogP contribution in [0.5, 0.6) is 11.5 Å². The van der Waals surface area contributed by atoms with Crippen LogP contribution >= 0.6 is 0 Å². The maximum atomic E-state index is 13.4. The van der Waals surface area contributed by atoms with E-state index in [1.165, 1.54) is 17.7 Å². The highest BCUT2D eigenvalue weighted by Crippen LogP contribution is 2.32. The van der Waals surface area contributed by atoms with E-state index < -0.39 is 11.6 Å². The Hall–Kier alpha value is -3.80. The van der Waals surface area contributed by atoms with Gasteiger partial charge in [0.05, 0.1) is 5.69 Å². The van der Waals surface area contributed by atoms with Gasteiger partial charge in [-0.25, -0.2) is 8.78 Å². The number of ether oxygens (including phenoxy) is 1. The van der Waals surface area contributed by atoms with Crippen molar-refractivity contribution in [1.82, 2.24) is 10.3 Å². The fourth-order valence-corrected chi connectivity index (χ4v) is 3.64. The van der Waals surface area contributed by atoms with Gasteiger partial charge in [0.1, 0.15) is 23.1 Å². The Labute approximate surface area is 185 Å². The van der Waals surface area contributed by atoms with Gasteiger partial charge >= 0.3 is 0 Å². The average molecular weight is 432 g/mol. The van der Waals surface area contributed by atoms with Gasteiger partial charge in [0.2, 0.25) is 0 Å². The number of pyridine rings is 1. The van der Waals surface area contributed by atoms with Crippen molar-refractivity contribution in [2.24, 2.45) is 0 Å². The Balaban J connectivity index is 1.50. The van der Waals surface area contributed by atoms with Gasteiger partial charge in [0, 0.05) is 36.0 Å². The second kappa shape index (κ2) is 9.14. The predicted molar refractivity (Wildman–Crippen MR) is 119 cm³/mol. The van der Waals surface area contributed by atoms with Crippen LogP contribution in [0.1, 0.15) is 40.5 Å². The van der Waals surface area contributed by atoms with E-state index in [0.717, 1.165) is 23.8 Å². The summed E-state index contributed by atoms with van der Waals surface area (Å²) in [6.07, 6.45) is 6.87. The standard InChI is InChI=1S/C26H22F2N2O2/c1-16-5-3-6-22(16)24-14-21(9-10-29-24)32-25-8-4-7-23(17(25)2)26(31)30-15-18-11-19(27)13-20(28)12-18/h4-14H,3,15H2,1-2H3,(H,30,31). The first-order valence-corrected chi connectivity index (χ1v) is 10.2. The molecule has 0 saturated heterocycles. The number of allylic oxidation sites excluding steroid dienone is 4. The summed E-state index contributed by atoms with van der Waals surface area (Å²) in [7, 11) is 0. The van der Waals surface area contributed by atoms with Gasteiger partial charge in [-0.1, -0.05) is 18.2 Å². The summed E-state index contributed by atoms with van der Waals surface area (Å²) < 4.78 is 32.8. The number of hydrogen-bond acceptors (Lipinski definition) is 3. The van der Waals surface area contributed by atoms with Crippen LogP contribution in [0.15, 0.2) is 72.5 Å². The molecule has 0 unspecified atom stereocenters. The average Bonchev–Trinajstić information content (AvgIpc) is 3.19. The molecule has 32 heavy (non-hydrogen) atoms. The zero-order valence-electron chi connectivity index (χ0n) is 17.8. The van der Waals surface area contributed by atoms with Crippen LogP contribution in [0.25, 0.3) is 5.57 Å². The molecule has 6 heteroatoms. The van der Waals surface area contributed by atoms with Crippen molar-refractivity contribution in [3.8, 4) is 11.5 Å². The van der Waals surface area contributed by atoms with Gasteiger partial charge in [-0.05, 0) is 67.3 Å². The van der Waals surface area contributed by atoms with E-state index in [4.69, 9.17) is 4.74 Å². The van der Waals surface area contributed by atoms with Crippen LogP contribution in [0.4, 0.5) is 8.78 Å². The summed E-state index contributed by atoms with van der Waals surface area (Å²) in [6, 6.07) is 12.0. The first-order chi connectivity index (χ1) is 15.4. The van der Waals surface area contributed by atoms with E-state index in [2.05, 4.69) is 29.4 Å². The van der Waals surface area contributed by atoms with Gasteiger partial charge < -0.3 is 10.1 Å². The molecular formula is C26H22F2N2O2. The monoisotopic (exact) mass is 432 g/mol. The Bertz CT molecular complexity index is 1230. The second-order valence-electron chi connectivity index (χ2n) is 7.61. The van der Waals surface area contributed by atoms with Crippen molar-refractivity contribution < 1.29 is 18.3 Å². The number of halogens is 2. The van der Waals surface area contributed by atoms with Crippen molar-refractivity contribution in [2.75, 3.05) is 0 Å². The summed E-state index contributed by atoms with van der Waals surface area (Å²) in [5.41, 5.74) is 4.53. The quantitative estimate of drug-likeness (QED) is 0.510. The molecule has 3 aromatic rings. The van der Waals surface area contributed by atoms with Gasteiger partial charge in [-0.3, -0.25) is 9.78 Å². The number of hydrogen-bond donors (Lipinski definition) is 1. The van der Waals surface area contributed by atoms with E-state index in [9.17, 15) is 13.6 Å². The molecule has 1 heterocycles. The lowest BCUT2D eigenvalue weighted by atomic mass is 10.1. The number of carbonyl (C=O) groups excluding carboxylic acids is 1. The zero-order chi connectivity index (χ0) is 22.7. The number of carbonyl (C=O) groups is 1. The number of nitrogens with one attached hydrogen (secondary N) is 1. The third-order valence-corrected chi connectivity index (χ3v) is 5.31. The van der Waals surface area contributed by atoms with E-state index in [0.29, 0.717) is 28.2 Å². The number of aromatic nitrogens is 1. The van der Waals surface area contributed by atoms with Crippen LogP contribution in [0.2, 0.25) is 0 Å². The molecule has 0 aliphatic heterocycles. The lowest BCUT2D eigenvalue weighted by molar-refractivity contribution is 0.0950. The first-order valence-electron chi connectivity index (χ1n) is 10.2. The van der Waals surface area contributed by atoms with Crippen molar-refractivity contribution in [2.45, 2.75) is 26.8 Å². The van der Waals surface area contributed by atoms with Crippen molar-refractivity contribution >= 4 is 11.5 Å². The molecule has 0 saturated carbocycles. The van der Waals surface area contributed by atoms with Crippen LogP contribution in [0.3, 0.4) is 0 Å². The molecule has 0 bridgehead atoms. The van der Waals surface area contributed by atoms with Gasteiger partial charge in [-0.2, -0.15) is 0 Å². The largest absolute Gasteiger partial charge is 0.457 e. The molecule has 4 rings (SSSR count). The van der Waals surface area contributed by atoms with Gasteiger partial charge in [-0.15, -0.1) is 0 Å². The Kier molecular flexibility index (Phi) is 6.12. The molecule has 1 aliphatic rings. The molecule has 1 N–H and O–H groups in total. The molecule has 4 nitrogen and oxygen atoms in total. The minimum atomic E-state index is -0.684. The number of benzene rings is 2. The van der Waals surface area contributed by atoms with Crippen LogP contribution in [-0.4, -0.2) is 10.9 Å². The maximum absolute atomic E-state index is 13.4. The summed E-state index contributed by atoms with van der Waals surface area (Å²) >= 11 is 0. The molecule has 1 aromatic heterocycles. The molecule has 2 aromatic carbocycles. The lowest BCUT2D eigenvalue weighted by Crippen LogP contribution is -2.23. The number of amides is 1. The van der Waals surface area contributed by atoms with Crippen molar-refractivity contribution in [3.05, 3.63) is 106 Å². The summed E-state index contributed by atoms with van der Waals surface area (Å²) in [5, 5.41) is 2.70. The molecule has 0 spiro atoms. The lowest BCUT2D eigenvalue weighted by Gasteiger charge is -2.14. The molecular weight excluding hydrogens is 410 g/mol. The zero-order valence-corrected chi connectivity index (χ0v) is 17.8. The highest BCUT2D eigenvalue weighted by atomic mass is 19.1. The molecule has 0 radical (unpaired) electrons. The van der Waals surface area contributed by atoms with Crippen LogP contribution in [0, 0.1) is 18.6 Å². The normalized spacial score (nSPS) is 12.9. The van der Waals surface area contributed by atoms with Crippen LogP contribution < -0.4 is 10.1 Å². The van der Waals surface area contributed by atoms with Gasteiger partial charge in [0.15, 0.2) is 0 Å². The fraction of sp³-hybridized carbons (Fsp3) is 0.154. The topological polar surface area (TPSA) is 51.2 Å². The molecule has 0 atom stereocenters. The highest BCUT2D eigenvalue weighted by Gasteiger charge is 2.15. The molecule has 1 aliphatic carbocycles. The fourth-order valence-electron chi connectivity index (χ4n) is 3.64. The summed E-state index contributed by atoms with van der Waals surface area (Å²) in [5.74, 6) is -0.566. The van der Waals surface area contributed by atoms with E-state index in [1.807, 2.05) is 6.07 Å². The minimum Gasteiger partial charge on any atom is -0.457 e. The van der Waals surface area contributed by atoms with E-state index in [-0.39, 0.29) is 12.5 Å². The maximum Gasteiger partial charge on any atom is 0.251 e. The molecule has 1 amide bonds. The third-order valence-electron chi connectivity index (χ3n) is 5.31. The van der Waals surface area contributed by atoms with Gasteiger partial charge in [0.25, 0.3) is 5.91 Å². The van der Waals surface area contributed by atoms with Crippen LogP contribution in [-0.2, 0) is 6.54 Å². The van der Waals surface area contributed by atoms with Crippen molar-refractivity contribution in [3.63, 3.8) is 0 Å². The highest BCUT2D eigenvalue weighted by molar-refractivity contribution is 5.96. The summed E-state index contributed by atoms with van der Waals surface area (Å²) in [4.78, 5) is 17.1. The molecule has 162 valence electrons.